The van der Waals surface area contributed by atoms with Crippen LogP contribution in [0.5, 0.6) is 0 Å². The molecule has 0 amide bonds. The van der Waals surface area contributed by atoms with Crippen LogP contribution in [0.2, 0.25) is 0 Å². The van der Waals surface area contributed by atoms with E-state index in [-0.39, 0.29) is 0 Å². The van der Waals surface area contributed by atoms with Crippen molar-refractivity contribution in [1.29, 1.82) is 0 Å². The largest absolute Gasteiger partial charge is 0.389 e. The Morgan fingerprint density at radius 2 is 1.93 bits per heavy atom. The number of likely N-dealkylation sites (N-methyl/N-ethyl adjacent to an activating group) is 1. The van der Waals surface area contributed by atoms with Gasteiger partial charge >= 0.3 is 0 Å². The lowest BCUT2D eigenvalue weighted by Gasteiger charge is -2.25. The predicted octanol–water partition coefficient (Wildman–Crippen LogP) is 1.22. The Bertz CT molecular complexity index is 176. The third-order valence-corrected chi connectivity index (χ3v) is 3.51. The summed E-state index contributed by atoms with van der Waals surface area (Å²) in [6.07, 6.45) is 4.31. The summed E-state index contributed by atoms with van der Waals surface area (Å²) in [4.78, 5) is 2.31. The Hall–Kier alpha value is -0.120. The van der Waals surface area contributed by atoms with Crippen molar-refractivity contribution in [2.24, 2.45) is 0 Å². The monoisotopic (exact) mass is 214 g/mol. The lowest BCUT2D eigenvalue weighted by Crippen LogP contribution is -2.41. The summed E-state index contributed by atoms with van der Waals surface area (Å²) in [5, 5.41) is 13.5. The molecule has 0 atom stereocenters. The zero-order chi connectivity index (χ0) is 11.3. The highest BCUT2D eigenvalue weighted by molar-refractivity contribution is 4.86. The highest BCUT2D eigenvalue weighted by Gasteiger charge is 2.30. The van der Waals surface area contributed by atoms with E-state index in [1.807, 2.05) is 0 Å². The highest BCUT2D eigenvalue weighted by atomic mass is 16.3. The summed E-state index contributed by atoms with van der Waals surface area (Å²) in [7, 11) is 2.14. The molecule has 3 heteroatoms. The van der Waals surface area contributed by atoms with Gasteiger partial charge in [-0.1, -0.05) is 12.8 Å². The van der Waals surface area contributed by atoms with Gasteiger partial charge in [0.2, 0.25) is 0 Å². The predicted molar refractivity (Wildman–Crippen MR) is 64.1 cm³/mol. The minimum absolute atomic E-state index is 0.406. The summed E-state index contributed by atoms with van der Waals surface area (Å²) in [5.41, 5.74) is -0.406. The second-order valence-corrected chi connectivity index (χ2v) is 5.18. The molecule has 1 saturated carbocycles. The number of aliphatic hydroxyl groups is 1. The maximum Gasteiger partial charge on any atom is 0.0771 e. The van der Waals surface area contributed by atoms with Crippen molar-refractivity contribution in [2.75, 3.05) is 26.7 Å². The van der Waals surface area contributed by atoms with Crippen molar-refractivity contribution in [1.82, 2.24) is 10.2 Å². The molecule has 0 radical (unpaired) electrons. The van der Waals surface area contributed by atoms with Crippen LogP contribution in [0, 0.1) is 0 Å². The Morgan fingerprint density at radius 3 is 2.47 bits per heavy atom. The van der Waals surface area contributed by atoms with Gasteiger partial charge in [-0.15, -0.1) is 0 Å². The van der Waals surface area contributed by atoms with Gasteiger partial charge in [-0.05, 0) is 33.7 Å². The molecule has 90 valence electrons. The second kappa shape index (κ2) is 5.83. The molecule has 1 aliphatic rings. The molecule has 3 nitrogen and oxygen atoms in total. The van der Waals surface area contributed by atoms with Crippen LogP contribution < -0.4 is 5.32 Å². The van der Waals surface area contributed by atoms with Crippen LogP contribution in [-0.4, -0.2) is 48.3 Å². The van der Waals surface area contributed by atoms with E-state index in [0.717, 1.165) is 32.5 Å². The minimum Gasteiger partial charge on any atom is -0.389 e. The molecule has 0 aromatic carbocycles. The fourth-order valence-electron chi connectivity index (χ4n) is 2.04. The van der Waals surface area contributed by atoms with Crippen molar-refractivity contribution < 1.29 is 5.11 Å². The van der Waals surface area contributed by atoms with Gasteiger partial charge in [0.15, 0.2) is 0 Å². The third-order valence-electron chi connectivity index (χ3n) is 3.51. The van der Waals surface area contributed by atoms with Gasteiger partial charge in [0, 0.05) is 25.7 Å². The molecule has 2 N–H and O–H groups in total. The number of rotatable bonds is 6. The van der Waals surface area contributed by atoms with E-state index < -0.39 is 5.60 Å². The molecule has 0 spiro atoms. The molecule has 15 heavy (non-hydrogen) atoms. The molecule has 0 aromatic heterocycles. The van der Waals surface area contributed by atoms with Gasteiger partial charge in [0.05, 0.1) is 5.60 Å². The molecule has 0 unspecified atom stereocenters. The number of hydrogen-bond donors (Lipinski definition) is 2. The van der Waals surface area contributed by atoms with Crippen molar-refractivity contribution >= 4 is 0 Å². The van der Waals surface area contributed by atoms with Crippen LogP contribution in [0.1, 0.15) is 39.5 Å². The summed E-state index contributed by atoms with van der Waals surface area (Å²) in [6, 6.07) is 0.598. The third kappa shape index (κ3) is 4.49. The molecular weight excluding hydrogens is 188 g/mol. The average molecular weight is 214 g/mol. The van der Waals surface area contributed by atoms with E-state index in [1.165, 1.54) is 12.8 Å². The topological polar surface area (TPSA) is 35.5 Å². The minimum atomic E-state index is -0.406. The Balaban J connectivity index is 2.06. The molecule has 0 heterocycles. The first kappa shape index (κ1) is 12.9. The quantitative estimate of drug-likeness (QED) is 0.653. The van der Waals surface area contributed by atoms with Crippen molar-refractivity contribution in [3.63, 3.8) is 0 Å². The summed E-state index contributed by atoms with van der Waals surface area (Å²) in [5.74, 6) is 0. The van der Waals surface area contributed by atoms with Crippen LogP contribution in [0.3, 0.4) is 0 Å². The van der Waals surface area contributed by atoms with Crippen molar-refractivity contribution in [2.45, 2.75) is 51.2 Å². The zero-order valence-corrected chi connectivity index (χ0v) is 10.4. The first-order valence-electron chi connectivity index (χ1n) is 6.17. The van der Waals surface area contributed by atoms with Crippen molar-refractivity contribution in [3.8, 4) is 0 Å². The van der Waals surface area contributed by atoms with Gasteiger partial charge in [0.1, 0.15) is 0 Å². The fraction of sp³-hybridized carbons (Fsp3) is 1.00. The number of nitrogens with zero attached hydrogens (tertiary/aromatic N) is 1. The molecule has 1 aliphatic carbocycles. The Morgan fingerprint density at radius 1 is 1.33 bits per heavy atom. The van der Waals surface area contributed by atoms with E-state index in [9.17, 15) is 5.11 Å². The average Bonchev–Trinajstić information content (AvgIpc) is 2.60. The van der Waals surface area contributed by atoms with E-state index in [1.54, 1.807) is 0 Å². The van der Waals surface area contributed by atoms with Crippen LogP contribution >= 0.6 is 0 Å². The molecular formula is C12H26N2O. The second-order valence-electron chi connectivity index (χ2n) is 5.18. The van der Waals surface area contributed by atoms with E-state index in [2.05, 4.69) is 31.1 Å². The SMILES string of the molecule is CC(C)N(C)CCNCC1(O)CCCC1. The van der Waals surface area contributed by atoms with Gasteiger partial charge < -0.3 is 15.3 Å². The Kier molecular flexibility index (Phi) is 5.03. The molecule has 0 saturated heterocycles. The van der Waals surface area contributed by atoms with Crippen molar-refractivity contribution in [3.05, 3.63) is 0 Å². The lowest BCUT2D eigenvalue weighted by atomic mass is 10.0. The smallest absolute Gasteiger partial charge is 0.0771 e. The van der Waals surface area contributed by atoms with Crippen LogP contribution in [0.4, 0.5) is 0 Å². The molecule has 0 aromatic rings. The summed E-state index contributed by atoms with van der Waals surface area (Å²) < 4.78 is 0. The maximum atomic E-state index is 10.1. The number of hydrogen-bond acceptors (Lipinski definition) is 3. The Labute approximate surface area is 93.9 Å². The zero-order valence-electron chi connectivity index (χ0n) is 10.4. The van der Waals surface area contributed by atoms with Crippen LogP contribution in [-0.2, 0) is 0 Å². The van der Waals surface area contributed by atoms with E-state index in [4.69, 9.17) is 0 Å². The molecule has 0 aliphatic heterocycles. The molecule has 0 bridgehead atoms. The summed E-state index contributed by atoms with van der Waals surface area (Å²) >= 11 is 0. The maximum absolute atomic E-state index is 10.1. The number of nitrogens with one attached hydrogen (secondary N) is 1. The normalized spacial score (nSPS) is 20.4. The lowest BCUT2D eigenvalue weighted by molar-refractivity contribution is 0.0473. The van der Waals surface area contributed by atoms with E-state index in [0.29, 0.717) is 6.04 Å². The highest BCUT2D eigenvalue weighted by Crippen LogP contribution is 2.28. The van der Waals surface area contributed by atoms with Gasteiger partial charge in [-0.3, -0.25) is 0 Å². The van der Waals surface area contributed by atoms with Gasteiger partial charge in [-0.25, -0.2) is 0 Å². The van der Waals surface area contributed by atoms with Crippen LogP contribution in [0.15, 0.2) is 0 Å². The van der Waals surface area contributed by atoms with Gasteiger partial charge in [0.25, 0.3) is 0 Å². The standard InChI is InChI=1S/C12H26N2O/c1-11(2)14(3)9-8-13-10-12(15)6-4-5-7-12/h11,13,15H,4-10H2,1-3H3. The molecule has 1 rings (SSSR count). The molecule has 1 fully saturated rings. The first-order chi connectivity index (χ1) is 7.03. The first-order valence-corrected chi connectivity index (χ1v) is 6.17. The van der Waals surface area contributed by atoms with Crippen LogP contribution in [0.25, 0.3) is 0 Å². The summed E-state index contributed by atoms with van der Waals surface area (Å²) in [6.45, 7) is 7.18. The van der Waals surface area contributed by atoms with Gasteiger partial charge in [-0.2, -0.15) is 0 Å². The fourth-order valence-corrected chi connectivity index (χ4v) is 2.04. The van der Waals surface area contributed by atoms with E-state index >= 15 is 0 Å².